The largest absolute Gasteiger partial charge is 0.372 e. The zero-order valence-electron chi connectivity index (χ0n) is 11.9. The molecule has 0 aromatic heterocycles. The van der Waals surface area contributed by atoms with Gasteiger partial charge in [0.2, 0.25) is 0 Å². The van der Waals surface area contributed by atoms with Crippen LogP contribution >= 0.6 is 0 Å². The molecule has 1 aromatic carbocycles. The summed E-state index contributed by atoms with van der Waals surface area (Å²) in [5.41, 5.74) is 7.43. The number of hydrogen-bond acceptors (Lipinski definition) is 2. The van der Waals surface area contributed by atoms with E-state index in [9.17, 15) is 4.39 Å². The Morgan fingerprint density at radius 3 is 2.44 bits per heavy atom. The molecule has 1 unspecified atom stereocenters. The first-order valence-corrected chi connectivity index (χ1v) is 6.66. The van der Waals surface area contributed by atoms with Crippen molar-refractivity contribution >= 4 is 5.69 Å². The standard InChI is InChI=1S/C15H25FN2/c1-11(2)7-12(3)18(4)15-9-13(5-6-17)8-14(16)10-15/h8-12H,5-7,17H2,1-4H3. The molecule has 1 aromatic rings. The van der Waals surface area contributed by atoms with Gasteiger partial charge in [-0.25, -0.2) is 4.39 Å². The van der Waals surface area contributed by atoms with Crippen molar-refractivity contribution in [3.63, 3.8) is 0 Å². The molecule has 0 saturated heterocycles. The average Bonchev–Trinajstić information content (AvgIpc) is 2.26. The predicted octanol–water partition coefficient (Wildman–Crippen LogP) is 3.20. The molecule has 0 saturated carbocycles. The lowest BCUT2D eigenvalue weighted by Gasteiger charge is -2.28. The van der Waals surface area contributed by atoms with Gasteiger partial charge in [-0.3, -0.25) is 0 Å². The van der Waals surface area contributed by atoms with E-state index in [4.69, 9.17) is 5.73 Å². The Morgan fingerprint density at radius 2 is 1.89 bits per heavy atom. The third-order valence-corrected chi connectivity index (χ3v) is 3.26. The van der Waals surface area contributed by atoms with Crippen molar-refractivity contribution in [1.29, 1.82) is 0 Å². The molecular weight excluding hydrogens is 227 g/mol. The van der Waals surface area contributed by atoms with Crippen LogP contribution < -0.4 is 10.6 Å². The van der Waals surface area contributed by atoms with E-state index in [-0.39, 0.29) is 5.82 Å². The van der Waals surface area contributed by atoms with Crippen LogP contribution in [0.3, 0.4) is 0 Å². The molecule has 0 radical (unpaired) electrons. The first-order chi connectivity index (χ1) is 8.43. The molecule has 0 amide bonds. The van der Waals surface area contributed by atoms with Gasteiger partial charge < -0.3 is 10.6 Å². The van der Waals surface area contributed by atoms with Gasteiger partial charge in [0.25, 0.3) is 0 Å². The zero-order valence-corrected chi connectivity index (χ0v) is 11.9. The molecule has 0 aliphatic rings. The van der Waals surface area contributed by atoms with Gasteiger partial charge >= 0.3 is 0 Å². The first-order valence-electron chi connectivity index (χ1n) is 6.66. The quantitative estimate of drug-likeness (QED) is 0.842. The summed E-state index contributed by atoms with van der Waals surface area (Å²) in [5, 5.41) is 0. The summed E-state index contributed by atoms with van der Waals surface area (Å²) in [6.45, 7) is 7.13. The van der Waals surface area contributed by atoms with Crippen LogP contribution in [0.1, 0.15) is 32.8 Å². The molecule has 1 atom stereocenters. The Labute approximate surface area is 110 Å². The highest BCUT2D eigenvalue weighted by Gasteiger charge is 2.13. The molecule has 18 heavy (non-hydrogen) atoms. The molecular formula is C15H25FN2. The second-order valence-corrected chi connectivity index (χ2v) is 5.45. The van der Waals surface area contributed by atoms with E-state index >= 15 is 0 Å². The summed E-state index contributed by atoms with van der Waals surface area (Å²) in [6, 6.07) is 5.60. The molecule has 0 heterocycles. The molecule has 2 N–H and O–H groups in total. The van der Waals surface area contributed by atoms with E-state index in [1.165, 1.54) is 0 Å². The summed E-state index contributed by atoms with van der Waals surface area (Å²) in [7, 11) is 2.02. The second-order valence-electron chi connectivity index (χ2n) is 5.45. The lowest BCUT2D eigenvalue weighted by atomic mass is 10.0. The van der Waals surface area contributed by atoms with E-state index < -0.39 is 0 Å². The maximum atomic E-state index is 13.6. The highest BCUT2D eigenvalue weighted by molar-refractivity contribution is 5.49. The fourth-order valence-electron chi connectivity index (χ4n) is 2.24. The maximum Gasteiger partial charge on any atom is 0.125 e. The average molecular weight is 252 g/mol. The smallest absolute Gasteiger partial charge is 0.125 e. The van der Waals surface area contributed by atoms with Crippen LogP contribution in [-0.4, -0.2) is 19.6 Å². The number of halogens is 1. The Hall–Kier alpha value is -1.09. The van der Waals surface area contributed by atoms with Crippen LogP contribution in [0.4, 0.5) is 10.1 Å². The molecule has 0 fully saturated rings. The Balaban J connectivity index is 2.87. The molecule has 0 aliphatic carbocycles. The monoisotopic (exact) mass is 252 g/mol. The summed E-state index contributed by atoms with van der Waals surface area (Å²) >= 11 is 0. The molecule has 2 nitrogen and oxygen atoms in total. The normalized spacial score (nSPS) is 12.8. The van der Waals surface area contributed by atoms with Gasteiger partial charge in [0.1, 0.15) is 5.82 Å². The minimum Gasteiger partial charge on any atom is -0.372 e. The molecule has 0 aliphatic heterocycles. The van der Waals surface area contributed by atoms with Crippen molar-refractivity contribution < 1.29 is 4.39 Å². The number of benzene rings is 1. The highest BCUT2D eigenvalue weighted by atomic mass is 19.1. The summed E-state index contributed by atoms with van der Waals surface area (Å²) in [6.07, 6.45) is 1.82. The fraction of sp³-hybridized carbons (Fsp3) is 0.600. The number of rotatable bonds is 6. The van der Waals surface area contributed by atoms with Gasteiger partial charge in [0.15, 0.2) is 0 Å². The van der Waals surface area contributed by atoms with Crippen LogP contribution in [0, 0.1) is 11.7 Å². The van der Waals surface area contributed by atoms with Crippen molar-refractivity contribution in [3.05, 3.63) is 29.6 Å². The van der Waals surface area contributed by atoms with Gasteiger partial charge in [-0.05, 0) is 56.0 Å². The van der Waals surface area contributed by atoms with Crippen molar-refractivity contribution in [3.8, 4) is 0 Å². The summed E-state index contributed by atoms with van der Waals surface area (Å²) < 4.78 is 13.6. The maximum absolute atomic E-state index is 13.6. The van der Waals surface area contributed by atoms with Crippen molar-refractivity contribution in [2.75, 3.05) is 18.5 Å². The van der Waals surface area contributed by atoms with E-state index in [0.29, 0.717) is 18.5 Å². The van der Waals surface area contributed by atoms with Crippen LogP contribution in [0.15, 0.2) is 18.2 Å². The molecule has 3 heteroatoms. The van der Waals surface area contributed by atoms with Gasteiger partial charge in [-0.2, -0.15) is 0 Å². The van der Waals surface area contributed by atoms with E-state index in [1.54, 1.807) is 12.1 Å². The fourth-order valence-corrected chi connectivity index (χ4v) is 2.24. The van der Waals surface area contributed by atoms with Crippen LogP contribution in [-0.2, 0) is 6.42 Å². The minimum atomic E-state index is -0.181. The SMILES string of the molecule is CC(C)CC(C)N(C)c1cc(F)cc(CCN)c1. The Bertz CT molecular complexity index is 377. The Kier molecular flexibility index (Phi) is 5.60. The van der Waals surface area contributed by atoms with Crippen molar-refractivity contribution in [2.45, 2.75) is 39.7 Å². The van der Waals surface area contributed by atoms with Crippen LogP contribution in [0.2, 0.25) is 0 Å². The predicted molar refractivity (Wildman–Crippen MR) is 76.5 cm³/mol. The lowest BCUT2D eigenvalue weighted by Crippen LogP contribution is -2.30. The van der Waals surface area contributed by atoms with E-state index in [2.05, 4.69) is 25.7 Å². The molecule has 1 rings (SSSR count). The Morgan fingerprint density at radius 1 is 1.22 bits per heavy atom. The van der Waals surface area contributed by atoms with Crippen LogP contribution in [0.5, 0.6) is 0 Å². The molecule has 102 valence electrons. The zero-order chi connectivity index (χ0) is 13.7. The number of anilines is 1. The highest BCUT2D eigenvalue weighted by Crippen LogP contribution is 2.22. The first kappa shape index (κ1) is 15.0. The van der Waals surface area contributed by atoms with Gasteiger partial charge in [-0.15, -0.1) is 0 Å². The van der Waals surface area contributed by atoms with Gasteiger partial charge in [0.05, 0.1) is 0 Å². The minimum absolute atomic E-state index is 0.181. The van der Waals surface area contributed by atoms with Crippen molar-refractivity contribution in [1.82, 2.24) is 0 Å². The van der Waals surface area contributed by atoms with E-state index in [0.717, 1.165) is 24.1 Å². The second kappa shape index (κ2) is 6.74. The van der Waals surface area contributed by atoms with Crippen LogP contribution in [0.25, 0.3) is 0 Å². The van der Waals surface area contributed by atoms with E-state index in [1.807, 2.05) is 13.1 Å². The third-order valence-electron chi connectivity index (χ3n) is 3.26. The van der Waals surface area contributed by atoms with Gasteiger partial charge in [-0.1, -0.05) is 13.8 Å². The number of hydrogen-bond donors (Lipinski definition) is 1. The summed E-state index contributed by atoms with van der Waals surface area (Å²) in [5.74, 6) is 0.457. The third kappa shape index (κ3) is 4.30. The molecule has 0 bridgehead atoms. The summed E-state index contributed by atoms with van der Waals surface area (Å²) in [4.78, 5) is 2.14. The molecule has 0 spiro atoms. The number of nitrogens with zero attached hydrogens (tertiary/aromatic N) is 1. The van der Waals surface area contributed by atoms with Crippen molar-refractivity contribution in [2.24, 2.45) is 11.7 Å². The lowest BCUT2D eigenvalue weighted by molar-refractivity contribution is 0.503. The van der Waals surface area contributed by atoms with Gasteiger partial charge in [0, 0.05) is 18.8 Å². The number of nitrogens with two attached hydrogens (primary N) is 1. The topological polar surface area (TPSA) is 29.3 Å².